The molecule has 3 nitrogen and oxygen atoms in total. The van der Waals surface area contributed by atoms with E-state index in [0.29, 0.717) is 33.2 Å². The van der Waals surface area contributed by atoms with Crippen LogP contribution >= 0.6 is 23.2 Å². The van der Waals surface area contributed by atoms with Gasteiger partial charge >= 0.3 is 0 Å². The summed E-state index contributed by atoms with van der Waals surface area (Å²) in [5.41, 5.74) is 1.55. The normalized spacial score (nSPS) is 10.4. The maximum Gasteiger partial charge on any atom is 0.172 e. The van der Waals surface area contributed by atoms with E-state index in [1.807, 2.05) is 0 Å². The highest BCUT2D eigenvalue weighted by atomic mass is 35.5. The minimum Gasteiger partial charge on any atom is -0.355 e. The van der Waals surface area contributed by atoms with Gasteiger partial charge in [-0.15, -0.1) is 0 Å². The van der Waals surface area contributed by atoms with Crippen LogP contribution in [0, 0.1) is 6.92 Å². The first-order chi connectivity index (χ1) is 7.65. The van der Waals surface area contributed by atoms with Crippen LogP contribution in [-0.4, -0.2) is 11.4 Å². The first-order valence-electron chi connectivity index (χ1n) is 4.51. The Balaban J connectivity index is 2.63. The van der Waals surface area contributed by atoms with E-state index in [9.17, 15) is 4.79 Å². The molecule has 2 aromatic rings. The molecule has 0 radical (unpaired) electrons. The van der Waals surface area contributed by atoms with Gasteiger partial charge in [0.15, 0.2) is 12.0 Å². The van der Waals surface area contributed by atoms with Crippen molar-refractivity contribution in [2.75, 3.05) is 0 Å². The van der Waals surface area contributed by atoms with Crippen molar-refractivity contribution in [3.63, 3.8) is 0 Å². The molecule has 0 spiro atoms. The third-order valence-electron chi connectivity index (χ3n) is 2.27. The second kappa shape index (κ2) is 4.28. The molecule has 5 heteroatoms. The predicted octanol–water partition coefficient (Wildman–Crippen LogP) is 3.77. The largest absolute Gasteiger partial charge is 0.355 e. The topological polar surface area (TPSA) is 43.1 Å². The second-order valence-electron chi connectivity index (χ2n) is 3.24. The van der Waals surface area contributed by atoms with Gasteiger partial charge in [0.05, 0.1) is 10.0 Å². The summed E-state index contributed by atoms with van der Waals surface area (Å²) in [5, 5.41) is 4.46. The molecule has 0 saturated carbocycles. The van der Waals surface area contributed by atoms with Gasteiger partial charge in [-0.25, -0.2) is 0 Å². The Bertz CT molecular complexity index is 549. The van der Waals surface area contributed by atoms with Crippen molar-refractivity contribution < 1.29 is 9.32 Å². The molecule has 0 fully saturated rings. The molecule has 82 valence electrons. The van der Waals surface area contributed by atoms with Crippen LogP contribution in [0.5, 0.6) is 0 Å². The van der Waals surface area contributed by atoms with Crippen molar-refractivity contribution in [1.82, 2.24) is 5.16 Å². The number of rotatable bonds is 2. The van der Waals surface area contributed by atoms with Crippen LogP contribution in [0.15, 0.2) is 22.7 Å². The van der Waals surface area contributed by atoms with E-state index < -0.39 is 0 Å². The fourth-order valence-electron chi connectivity index (χ4n) is 1.39. The molecular weight excluding hydrogens is 249 g/mol. The zero-order valence-corrected chi connectivity index (χ0v) is 9.84. The van der Waals surface area contributed by atoms with E-state index in [2.05, 4.69) is 5.16 Å². The molecule has 2 rings (SSSR count). The van der Waals surface area contributed by atoms with E-state index >= 15 is 0 Å². The molecule has 0 bridgehead atoms. The Labute approximate surface area is 102 Å². The van der Waals surface area contributed by atoms with Crippen LogP contribution in [0.4, 0.5) is 0 Å². The zero-order valence-electron chi connectivity index (χ0n) is 8.33. The number of hydrogen-bond acceptors (Lipinski definition) is 3. The van der Waals surface area contributed by atoms with Crippen molar-refractivity contribution in [2.45, 2.75) is 6.92 Å². The van der Waals surface area contributed by atoms with E-state index in [0.717, 1.165) is 0 Å². The van der Waals surface area contributed by atoms with E-state index in [4.69, 9.17) is 27.7 Å². The lowest BCUT2D eigenvalue weighted by molar-refractivity contribution is 0.111. The summed E-state index contributed by atoms with van der Waals surface area (Å²) in [6, 6.07) is 5.20. The number of carbonyl (C=O) groups is 1. The summed E-state index contributed by atoms with van der Waals surface area (Å²) in [6.45, 7) is 1.74. The lowest BCUT2D eigenvalue weighted by Gasteiger charge is -2.02. The molecule has 0 aliphatic rings. The highest BCUT2D eigenvalue weighted by molar-refractivity contribution is 6.43. The fourth-order valence-corrected chi connectivity index (χ4v) is 1.77. The molecule has 0 aliphatic carbocycles. The Kier molecular flexibility index (Phi) is 2.99. The summed E-state index contributed by atoms with van der Waals surface area (Å²) in [6.07, 6.45) is 0.640. The van der Waals surface area contributed by atoms with Crippen LogP contribution in [0.2, 0.25) is 10.0 Å². The van der Waals surface area contributed by atoms with E-state index in [1.54, 1.807) is 25.1 Å². The van der Waals surface area contributed by atoms with Gasteiger partial charge in [-0.3, -0.25) is 4.79 Å². The molecule has 0 aliphatic heterocycles. The quantitative estimate of drug-likeness (QED) is 0.768. The monoisotopic (exact) mass is 255 g/mol. The Hall–Kier alpha value is -1.32. The van der Waals surface area contributed by atoms with Crippen molar-refractivity contribution in [3.05, 3.63) is 39.5 Å². The van der Waals surface area contributed by atoms with E-state index in [-0.39, 0.29) is 5.69 Å². The molecule has 0 atom stereocenters. The van der Waals surface area contributed by atoms with Crippen LogP contribution < -0.4 is 0 Å². The molecule has 0 unspecified atom stereocenters. The second-order valence-corrected chi connectivity index (χ2v) is 4.03. The Morgan fingerprint density at radius 1 is 1.38 bits per heavy atom. The summed E-state index contributed by atoms with van der Waals surface area (Å²) >= 11 is 11.9. The summed E-state index contributed by atoms with van der Waals surface area (Å²) in [5.74, 6) is 0.467. The Morgan fingerprint density at radius 3 is 2.75 bits per heavy atom. The smallest absolute Gasteiger partial charge is 0.172 e. The summed E-state index contributed by atoms with van der Waals surface area (Å²) < 4.78 is 5.08. The maximum atomic E-state index is 10.6. The molecule has 1 aromatic carbocycles. The van der Waals surface area contributed by atoms with Gasteiger partial charge in [0.25, 0.3) is 0 Å². The summed E-state index contributed by atoms with van der Waals surface area (Å²) in [4.78, 5) is 10.6. The van der Waals surface area contributed by atoms with Crippen molar-refractivity contribution in [3.8, 4) is 11.3 Å². The molecular formula is C11H7Cl2NO2. The molecule has 1 heterocycles. The Morgan fingerprint density at radius 2 is 2.12 bits per heavy atom. The van der Waals surface area contributed by atoms with Gasteiger partial charge < -0.3 is 4.52 Å². The highest BCUT2D eigenvalue weighted by Gasteiger charge is 2.16. The standard InChI is InChI=1S/C11H7Cl2NO2/c1-6-9(5-15)14-16-11(6)7-3-2-4-8(12)10(7)13/h2-5H,1H3. The van der Waals surface area contributed by atoms with E-state index in [1.165, 1.54) is 0 Å². The zero-order chi connectivity index (χ0) is 11.7. The number of halogens is 2. The average Bonchev–Trinajstić information content (AvgIpc) is 2.64. The highest BCUT2D eigenvalue weighted by Crippen LogP contribution is 2.35. The van der Waals surface area contributed by atoms with Gasteiger partial charge in [-0.1, -0.05) is 34.4 Å². The van der Waals surface area contributed by atoms with Crippen molar-refractivity contribution in [1.29, 1.82) is 0 Å². The van der Waals surface area contributed by atoms with Gasteiger partial charge in [-0.2, -0.15) is 0 Å². The molecule has 1 aromatic heterocycles. The lowest BCUT2D eigenvalue weighted by Crippen LogP contribution is -1.84. The number of aldehydes is 1. The third kappa shape index (κ3) is 1.72. The van der Waals surface area contributed by atoms with Crippen LogP contribution in [0.1, 0.15) is 16.1 Å². The van der Waals surface area contributed by atoms with Gasteiger partial charge in [0, 0.05) is 11.1 Å². The number of carbonyl (C=O) groups excluding carboxylic acids is 1. The molecule has 0 N–H and O–H groups in total. The van der Waals surface area contributed by atoms with Crippen LogP contribution in [0.3, 0.4) is 0 Å². The average molecular weight is 256 g/mol. The number of hydrogen-bond donors (Lipinski definition) is 0. The third-order valence-corrected chi connectivity index (χ3v) is 3.09. The number of nitrogens with zero attached hydrogens (tertiary/aromatic N) is 1. The SMILES string of the molecule is Cc1c(C=O)noc1-c1cccc(Cl)c1Cl. The first-order valence-corrected chi connectivity index (χ1v) is 5.26. The van der Waals surface area contributed by atoms with Gasteiger partial charge in [0.1, 0.15) is 5.69 Å². The molecule has 0 amide bonds. The first kappa shape index (κ1) is 11.2. The fraction of sp³-hybridized carbons (Fsp3) is 0.0909. The molecule has 16 heavy (non-hydrogen) atoms. The molecule has 0 saturated heterocycles. The number of aromatic nitrogens is 1. The van der Waals surface area contributed by atoms with Gasteiger partial charge in [-0.05, 0) is 19.1 Å². The van der Waals surface area contributed by atoms with Crippen LogP contribution in [0.25, 0.3) is 11.3 Å². The predicted molar refractivity (Wildman–Crippen MR) is 62.1 cm³/mol. The van der Waals surface area contributed by atoms with Crippen LogP contribution in [-0.2, 0) is 0 Å². The minimum atomic E-state index is 0.269. The summed E-state index contributed by atoms with van der Waals surface area (Å²) in [7, 11) is 0. The maximum absolute atomic E-state index is 10.6. The van der Waals surface area contributed by atoms with Crippen molar-refractivity contribution in [2.24, 2.45) is 0 Å². The minimum absolute atomic E-state index is 0.269. The number of benzene rings is 1. The van der Waals surface area contributed by atoms with Crippen molar-refractivity contribution >= 4 is 29.5 Å². The lowest BCUT2D eigenvalue weighted by atomic mass is 10.1. The van der Waals surface area contributed by atoms with Gasteiger partial charge in [0.2, 0.25) is 0 Å².